The molecule has 0 unspecified atom stereocenters. The summed E-state index contributed by atoms with van der Waals surface area (Å²) in [5, 5.41) is 2.89. The van der Waals surface area contributed by atoms with E-state index in [4.69, 9.17) is 29.0 Å². The van der Waals surface area contributed by atoms with E-state index >= 15 is 0 Å². The molecule has 0 aliphatic heterocycles. The van der Waals surface area contributed by atoms with Gasteiger partial charge in [0.2, 0.25) is 0 Å². The van der Waals surface area contributed by atoms with E-state index in [1.54, 1.807) is 0 Å². The standard InChI is InChI=1S/C13H11Cl2FN4O/c14-9-3-7(1-2-11(9)16)5-19-13(21)8-4-10(15)12(20-17)18-6-8/h1-4,6H,5,17H2,(H,18,20)(H,19,21). The van der Waals surface area contributed by atoms with E-state index in [0.717, 1.165) is 0 Å². The largest absolute Gasteiger partial charge is 0.348 e. The van der Waals surface area contributed by atoms with Crippen molar-refractivity contribution in [3.8, 4) is 0 Å². The minimum Gasteiger partial charge on any atom is -0.348 e. The molecule has 0 bridgehead atoms. The maximum atomic E-state index is 13.0. The number of anilines is 1. The molecule has 0 saturated heterocycles. The Morgan fingerprint density at radius 2 is 2.05 bits per heavy atom. The molecular weight excluding hydrogens is 318 g/mol. The minimum atomic E-state index is -0.507. The second-order valence-electron chi connectivity index (χ2n) is 4.13. The van der Waals surface area contributed by atoms with Gasteiger partial charge in [-0.05, 0) is 23.8 Å². The number of rotatable bonds is 4. The zero-order valence-corrected chi connectivity index (χ0v) is 12.2. The van der Waals surface area contributed by atoms with Crippen LogP contribution >= 0.6 is 23.2 Å². The van der Waals surface area contributed by atoms with Crippen molar-refractivity contribution >= 4 is 34.9 Å². The molecule has 1 heterocycles. The van der Waals surface area contributed by atoms with Gasteiger partial charge in [0.05, 0.1) is 15.6 Å². The molecule has 0 saturated carbocycles. The fourth-order valence-electron chi connectivity index (χ4n) is 1.60. The monoisotopic (exact) mass is 328 g/mol. The smallest absolute Gasteiger partial charge is 0.253 e. The molecule has 4 N–H and O–H groups in total. The van der Waals surface area contributed by atoms with E-state index < -0.39 is 5.82 Å². The lowest BCUT2D eigenvalue weighted by atomic mass is 10.2. The van der Waals surface area contributed by atoms with E-state index in [1.807, 2.05) is 0 Å². The summed E-state index contributed by atoms with van der Waals surface area (Å²) in [6.07, 6.45) is 1.34. The fraction of sp³-hybridized carbons (Fsp3) is 0.0769. The van der Waals surface area contributed by atoms with Gasteiger partial charge in [-0.1, -0.05) is 29.3 Å². The van der Waals surface area contributed by atoms with E-state index in [1.165, 1.54) is 30.5 Å². The third-order valence-electron chi connectivity index (χ3n) is 2.68. The molecule has 2 rings (SSSR count). The summed E-state index contributed by atoms with van der Waals surface area (Å²) >= 11 is 11.6. The highest BCUT2D eigenvalue weighted by atomic mass is 35.5. The number of nitrogens with two attached hydrogens (primary N) is 1. The summed E-state index contributed by atoms with van der Waals surface area (Å²) in [6.45, 7) is 0.202. The van der Waals surface area contributed by atoms with Gasteiger partial charge in [-0.2, -0.15) is 0 Å². The molecule has 8 heteroatoms. The van der Waals surface area contributed by atoms with Crippen LogP contribution in [0.15, 0.2) is 30.5 Å². The van der Waals surface area contributed by atoms with Gasteiger partial charge >= 0.3 is 0 Å². The van der Waals surface area contributed by atoms with Crippen LogP contribution in [0.3, 0.4) is 0 Å². The Balaban J connectivity index is 2.04. The van der Waals surface area contributed by atoms with Crippen molar-refractivity contribution in [2.24, 2.45) is 5.84 Å². The molecule has 0 fully saturated rings. The summed E-state index contributed by atoms with van der Waals surface area (Å²) in [4.78, 5) is 15.9. The third-order valence-corrected chi connectivity index (χ3v) is 3.25. The number of pyridine rings is 1. The van der Waals surface area contributed by atoms with E-state index in [0.29, 0.717) is 5.56 Å². The Bertz CT molecular complexity index is 681. The molecule has 2 aromatic rings. The number of hydrazine groups is 1. The first-order chi connectivity index (χ1) is 10.0. The molecule has 0 aliphatic carbocycles. The van der Waals surface area contributed by atoms with E-state index in [-0.39, 0.29) is 33.9 Å². The second-order valence-corrected chi connectivity index (χ2v) is 4.94. The number of hydrogen-bond donors (Lipinski definition) is 3. The lowest BCUT2D eigenvalue weighted by Crippen LogP contribution is -2.23. The lowest BCUT2D eigenvalue weighted by molar-refractivity contribution is 0.0950. The molecule has 1 aromatic heterocycles. The number of aromatic nitrogens is 1. The zero-order chi connectivity index (χ0) is 15.4. The number of hydrogen-bond acceptors (Lipinski definition) is 4. The van der Waals surface area contributed by atoms with Crippen LogP contribution in [0.4, 0.5) is 10.2 Å². The average molecular weight is 329 g/mol. The van der Waals surface area contributed by atoms with Crippen LogP contribution in [0.25, 0.3) is 0 Å². The van der Waals surface area contributed by atoms with Crippen molar-refractivity contribution in [3.05, 3.63) is 57.5 Å². The number of benzene rings is 1. The zero-order valence-electron chi connectivity index (χ0n) is 10.7. The lowest BCUT2D eigenvalue weighted by Gasteiger charge is -2.07. The van der Waals surface area contributed by atoms with Gasteiger partial charge in [-0.25, -0.2) is 15.2 Å². The number of carbonyl (C=O) groups excluding carboxylic acids is 1. The summed E-state index contributed by atoms with van der Waals surface area (Å²) in [7, 11) is 0. The van der Waals surface area contributed by atoms with Crippen molar-refractivity contribution in [2.45, 2.75) is 6.54 Å². The van der Waals surface area contributed by atoms with Gasteiger partial charge in [0.25, 0.3) is 5.91 Å². The van der Waals surface area contributed by atoms with Gasteiger partial charge in [-0.15, -0.1) is 0 Å². The van der Waals surface area contributed by atoms with E-state index in [9.17, 15) is 9.18 Å². The topological polar surface area (TPSA) is 80.0 Å². The first-order valence-electron chi connectivity index (χ1n) is 5.85. The molecule has 110 valence electrons. The summed E-state index contributed by atoms with van der Waals surface area (Å²) in [6, 6.07) is 5.67. The quantitative estimate of drug-likeness (QED) is 0.595. The Morgan fingerprint density at radius 1 is 1.29 bits per heavy atom. The van der Waals surface area contributed by atoms with E-state index in [2.05, 4.69) is 15.7 Å². The van der Waals surface area contributed by atoms with Crippen molar-refractivity contribution in [1.82, 2.24) is 10.3 Å². The van der Waals surface area contributed by atoms with Crippen LogP contribution in [0.2, 0.25) is 10.0 Å². The number of nitrogens with one attached hydrogen (secondary N) is 2. The van der Waals surface area contributed by atoms with Crippen LogP contribution in [-0.4, -0.2) is 10.9 Å². The van der Waals surface area contributed by atoms with Crippen LogP contribution in [-0.2, 0) is 6.54 Å². The fourth-order valence-corrected chi connectivity index (χ4v) is 2.03. The predicted molar refractivity (Wildman–Crippen MR) is 79.6 cm³/mol. The number of amides is 1. The summed E-state index contributed by atoms with van der Waals surface area (Å²) < 4.78 is 13.0. The number of nitrogens with zero attached hydrogens (tertiary/aromatic N) is 1. The maximum absolute atomic E-state index is 13.0. The molecular formula is C13H11Cl2FN4O. The first kappa shape index (κ1) is 15.5. The maximum Gasteiger partial charge on any atom is 0.253 e. The van der Waals surface area contributed by atoms with Gasteiger partial charge in [0.15, 0.2) is 5.82 Å². The van der Waals surface area contributed by atoms with Crippen molar-refractivity contribution < 1.29 is 9.18 Å². The summed E-state index contributed by atoms with van der Waals surface area (Å²) in [5.74, 6) is 4.60. The van der Waals surface area contributed by atoms with Crippen molar-refractivity contribution in [1.29, 1.82) is 0 Å². The SMILES string of the molecule is NNc1ncc(C(=O)NCc2ccc(F)c(Cl)c2)cc1Cl. The van der Waals surface area contributed by atoms with Gasteiger partial charge in [-0.3, -0.25) is 4.79 Å². The third kappa shape index (κ3) is 3.81. The van der Waals surface area contributed by atoms with Crippen LogP contribution < -0.4 is 16.6 Å². The number of nitrogen functional groups attached to an aromatic ring is 1. The van der Waals surface area contributed by atoms with Crippen LogP contribution in [0.5, 0.6) is 0 Å². The normalized spacial score (nSPS) is 10.3. The Hall–Kier alpha value is -1.89. The highest BCUT2D eigenvalue weighted by molar-refractivity contribution is 6.33. The van der Waals surface area contributed by atoms with Crippen LogP contribution in [0.1, 0.15) is 15.9 Å². The van der Waals surface area contributed by atoms with Crippen molar-refractivity contribution in [3.63, 3.8) is 0 Å². The molecule has 1 amide bonds. The molecule has 0 radical (unpaired) electrons. The molecule has 0 atom stereocenters. The Kier molecular flexibility index (Phi) is 4.95. The molecule has 0 aliphatic rings. The van der Waals surface area contributed by atoms with Gasteiger partial charge in [0.1, 0.15) is 5.82 Å². The second kappa shape index (κ2) is 6.71. The minimum absolute atomic E-state index is 0.00448. The Morgan fingerprint density at radius 3 is 2.67 bits per heavy atom. The van der Waals surface area contributed by atoms with Gasteiger partial charge < -0.3 is 10.7 Å². The Labute approximate surface area is 130 Å². The number of halogens is 3. The highest BCUT2D eigenvalue weighted by Crippen LogP contribution is 2.19. The van der Waals surface area contributed by atoms with Crippen molar-refractivity contribution in [2.75, 3.05) is 5.43 Å². The molecule has 5 nitrogen and oxygen atoms in total. The predicted octanol–water partition coefficient (Wildman–Crippen LogP) is 2.74. The van der Waals surface area contributed by atoms with Gasteiger partial charge in [0, 0.05) is 12.7 Å². The highest BCUT2D eigenvalue weighted by Gasteiger charge is 2.10. The molecule has 0 spiro atoms. The average Bonchev–Trinajstić information content (AvgIpc) is 2.48. The molecule has 1 aromatic carbocycles. The first-order valence-corrected chi connectivity index (χ1v) is 6.61. The number of carbonyl (C=O) groups is 1. The molecule has 21 heavy (non-hydrogen) atoms. The van der Waals surface area contributed by atoms with Crippen LogP contribution in [0, 0.1) is 5.82 Å². The summed E-state index contributed by atoms with van der Waals surface area (Å²) in [5.41, 5.74) is 3.27.